The van der Waals surface area contributed by atoms with Crippen molar-refractivity contribution in [3.63, 3.8) is 0 Å². The van der Waals surface area contributed by atoms with Gasteiger partial charge >= 0.3 is 11.9 Å². The van der Waals surface area contributed by atoms with Crippen LogP contribution in [0.5, 0.6) is 0 Å². The molecule has 0 bridgehead atoms. The number of hydrogen-bond acceptors (Lipinski definition) is 4. The summed E-state index contributed by atoms with van der Waals surface area (Å²) in [4.78, 5) is 32.7. The number of carboxylic acid groups (broad SMARTS) is 3. The lowest BCUT2D eigenvalue weighted by atomic mass is 10.1. The highest BCUT2D eigenvalue weighted by atomic mass is 16.4. The molecule has 0 aromatic heterocycles. The molecule has 0 rings (SSSR count). The second kappa shape index (κ2) is 22.6. The highest BCUT2D eigenvalue weighted by molar-refractivity contribution is 5.66. The molecule has 2 N–H and O–H groups in total. The quantitative estimate of drug-likeness (QED) is 0.0949. The summed E-state index contributed by atoms with van der Waals surface area (Å²) in [7, 11) is 0. The SMILES string of the molecule is CCCCCCCCC/C=C/CC[N+](CCCCC(=O)[O-])(CCCCC(=O)O)CCCCC(=O)O. The molecule has 0 saturated carbocycles. The Labute approximate surface area is 213 Å². The summed E-state index contributed by atoms with van der Waals surface area (Å²) in [6.07, 6.45) is 20.2. The summed E-state index contributed by atoms with van der Waals surface area (Å²) in [5.74, 6) is -2.60. The van der Waals surface area contributed by atoms with Crippen molar-refractivity contribution in [2.45, 2.75) is 122 Å². The molecular weight excluding hydrogens is 446 g/mol. The first-order chi connectivity index (χ1) is 16.8. The van der Waals surface area contributed by atoms with Crippen molar-refractivity contribution in [3.05, 3.63) is 12.2 Å². The van der Waals surface area contributed by atoms with Crippen LogP contribution in [0.15, 0.2) is 12.2 Å². The van der Waals surface area contributed by atoms with E-state index in [1.165, 1.54) is 44.9 Å². The Balaban J connectivity index is 4.80. The fourth-order valence-corrected chi connectivity index (χ4v) is 4.64. The number of carbonyl (C=O) groups is 3. The van der Waals surface area contributed by atoms with E-state index in [0.717, 1.165) is 62.8 Å². The summed E-state index contributed by atoms with van der Waals surface area (Å²) in [6.45, 7) is 5.67. The maximum Gasteiger partial charge on any atom is 0.303 e. The zero-order valence-corrected chi connectivity index (χ0v) is 22.2. The van der Waals surface area contributed by atoms with E-state index in [-0.39, 0.29) is 19.3 Å². The largest absolute Gasteiger partial charge is 0.550 e. The van der Waals surface area contributed by atoms with E-state index in [1.54, 1.807) is 0 Å². The fourth-order valence-electron chi connectivity index (χ4n) is 4.64. The van der Waals surface area contributed by atoms with Gasteiger partial charge in [-0.05, 0) is 57.8 Å². The first-order valence-electron chi connectivity index (χ1n) is 13.9. The van der Waals surface area contributed by atoms with Crippen LogP contribution in [0.4, 0.5) is 0 Å². The number of carbonyl (C=O) groups excluding carboxylic acids is 1. The van der Waals surface area contributed by atoms with E-state index in [1.807, 2.05) is 0 Å². The van der Waals surface area contributed by atoms with Crippen molar-refractivity contribution < 1.29 is 34.2 Å². The Kier molecular flexibility index (Phi) is 21.3. The molecule has 0 unspecified atom stereocenters. The minimum absolute atomic E-state index is 0.0520. The third kappa shape index (κ3) is 22.3. The highest BCUT2D eigenvalue weighted by Crippen LogP contribution is 2.18. The molecule has 0 amide bonds. The van der Waals surface area contributed by atoms with Gasteiger partial charge in [0.15, 0.2) is 0 Å². The van der Waals surface area contributed by atoms with Gasteiger partial charge in [0.2, 0.25) is 0 Å². The molecule has 0 aromatic rings. The zero-order chi connectivity index (χ0) is 26.2. The zero-order valence-electron chi connectivity index (χ0n) is 22.2. The molecule has 0 aromatic carbocycles. The lowest BCUT2D eigenvalue weighted by Gasteiger charge is -2.39. The van der Waals surface area contributed by atoms with Gasteiger partial charge in [-0.3, -0.25) is 9.59 Å². The van der Waals surface area contributed by atoms with Crippen LogP contribution in [0.25, 0.3) is 0 Å². The molecule has 0 heterocycles. The van der Waals surface area contributed by atoms with Gasteiger partial charge in [0, 0.05) is 25.2 Å². The molecule has 0 radical (unpaired) electrons. The maximum absolute atomic E-state index is 10.9. The minimum Gasteiger partial charge on any atom is -0.550 e. The van der Waals surface area contributed by atoms with Gasteiger partial charge in [-0.2, -0.15) is 0 Å². The third-order valence-corrected chi connectivity index (χ3v) is 6.72. The minimum atomic E-state index is -1.03. The van der Waals surface area contributed by atoms with Gasteiger partial charge in [0.25, 0.3) is 0 Å². The van der Waals surface area contributed by atoms with Crippen LogP contribution in [0.1, 0.15) is 122 Å². The lowest BCUT2D eigenvalue weighted by molar-refractivity contribution is -0.928. The standard InChI is InChI=1S/C28H51NO6/c1-2-3-4-5-6-7-8-9-10-11-15-22-29(23-16-12-19-26(30)31,24-17-13-20-27(32)33)25-18-14-21-28(34)35/h10-11H,2-9,12-25H2,1H3,(H2-,30,31,32,33,34,35)/b11-10+. The topological polar surface area (TPSA) is 115 Å². The van der Waals surface area contributed by atoms with Gasteiger partial charge in [0.05, 0.1) is 26.2 Å². The summed E-state index contributed by atoms with van der Waals surface area (Å²) in [5.41, 5.74) is 0. The number of allylic oxidation sites excluding steroid dienone is 1. The smallest absolute Gasteiger partial charge is 0.303 e. The molecule has 7 nitrogen and oxygen atoms in total. The number of nitrogens with zero attached hydrogens (tertiary/aromatic N) is 1. The maximum atomic E-state index is 10.9. The molecule has 0 aliphatic rings. The van der Waals surface area contributed by atoms with Crippen molar-refractivity contribution in [1.82, 2.24) is 0 Å². The van der Waals surface area contributed by atoms with Crippen molar-refractivity contribution in [2.75, 3.05) is 26.2 Å². The van der Waals surface area contributed by atoms with E-state index in [9.17, 15) is 19.5 Å². The van der Waals surface area contributed by atoms with E-state index >= 15 is 0 Å². The molecule has 7 heteroatoms. The van der Waals surface area contributed by atoms with Crippen molar-refractivity contribution >= 4 is 17.9 Å². The second-order valence-corrected chi connectivity index (χ2v) is 9.94. The second-order valence-electron chi connectivity index (χ2n) is 9.94. The number of quaternary nitrogens is 1. The predicted octanol–water partition coefficient (Wildman–Crippen LogP) is 5.32. The number of hydrogen-bond donors (Lipinski definition) is 2. The Hall–Kier alpha value is -1.89. The van der Waals surface area contributed by atoms with Gasteiger partial charge < -0.3 is 24.6 Å². The van der Waals surface area contributed by atoms with E-state index < -0.39 is 17.9 Å². The highest BCUT2D eigenvalue weighted by Gasteiger charge is 2.25. The molecule has 0 saturated heterocycles. The van der Waals surface area contributed by atoms with Crippen molar-refractivity contribution in [1.29, 1.82) is 0 Å². The van der Waals surface area contributed by atoms with E-state index in [2.05, 4.69) is 19.1 Å². The van der Waals surface area contributed by atoms with E-state index in [0.29, 0.717) is 19.3 Å². The van der Waals surface area contributed by atoms with Crippen LogP contribution < -0.4 is 5.11 Å². The average molecular weight is 498 g/mol. The van der Waals surface area contributed by atoms with Gasteiger partial charge in [0.1, 0.15) is 0 Å². The number of unbranched alkanes of at least 4 members (excludes halogenated alkanes) is 10. The van der Waals surface area contributed by atoms with Gasteiger partial charge in [-0.15, -0.1) is 0 Å². The summed E-state index contributed by atoms with van der Waals surface area (Å²) >= 11 is 0. The Morgan fingerprint density at radius 2 is 1.06 bits per heavy atom. The average Bonchev–Trinajstić information content (AvgIpc) is 2.80. The summed E-state index contributed by atoms with van der Waals surface area (Å²) in [6, 6.07) is 0. The first kappa shape index (κ1) is 33.1. The van der Waals surface area contributed by atoms with Crippen molar-refractivity contribution in [3.8, 4) is 0 Å². The van der Waals surface area contributed by atoms with E-state index in [4.69, 9.17) is 10.2 Å². The molecule has 35 heavy (non-hydrogen) atoms. The number of aliphatic carboxylic acids is 3. The molecule has 0 spiro atoms. The third-order valence-electron chi connectivity index (χ3n) is 6.72. The Bertz CT molecular complexity index is 535. The number of rotatable bonds is 26. The Morgan fingerprint density at radius 3 is 1.54 bits per heavy atom. The Morgan fingerprint density at radius 1 is 0.600 bits per heavy atom. The van der Waals surface area contributed by atoms with Crippen molar-refractivity contribution in [2.24, 2.45) is 0 Å². The van der Waals surface area contributed by atoms with Crippen LogP contribution in [-0.2, 0) is 14.4 Å². The summed E-state index contributed by atoms with van der Waals surface area (Å²) in [5, 5.41) is 28.8. The van der Waals surface area contributed by atoms with Crippen LogP contribution in [0.3, 0.4) is 0 Å². The van der Waals surface area contributed by atoms with Crippen LogP contribution in [0, 0.1) is 0 Å². The fraction of sp³-hybridized carbons (Fsp3) is 0.821. The van der Waals surface area contributed by atoms with Gasteiger partial charge in [-0.25, -0.2) is 0 Å². The number of carboxylic acids is 3. The molecule has 0 aliphatic carbocycles. The molecule has 204 valence electrons. The van der Waals surface area contributed by atoms with Crippen LogP contribution in [-0.4, -0.2) is 58.8 Å². The molecule has 0 atom stereocenters. The summed E-state index contributed by atoms with van der Waals surface area (Å²) < 4.78 is 0.800. The normalized spacial score (nSPS) is 11.8. The molecule has 0 aliphatic heterocycles. The molecular formula is C28H51NO6. The monoisotopic (exact) mass is 497 g/mol. The van der Waals surface area contributed by atoms with Crippen LogP contribution >= 0.6 is 0 Å². The van der Waals surface area contributed by atoms with Gasteiger partial charge in [-0.1, -0.05) is 57.6 Å². The first-order valence-corrected chi connectivity index (χ1v) is 13.9. The molecule has 0 fully saturated rings. The van der Waals surface area contributed by atoms with Crippen LogP contribution in [0.2, 0.25) is 0 Å². The lowest BCUT2D eigenvalue weighted by Crippen LogP contribution is -2.50. The predicted molar refractivity (Wildman–Crippen MR) is 138 cm³/mol.